The molecule has 0 aromatic heterocycles. The van der Waals surface area contributed by atoms with Crippen LogP contribution >= 0.6 is 11.6 Å². The Hall–Kier alpha value is -1.35. The van der Waals surface area contributed by atoms with E-state index in [-0.39, 0.29) is 6.10 Å². The highest BCUT2D eigenvalue weighted by atomic mass is 35.5. The van der Waals surface area contributed by atoms with Crippen molar-refractivity contribution >= 4 is 11.6 Å². The molecule has 1 radical (unpaired) electrons. The van der Waals surface area contributed by atoms with Crippen LogP contribution < -0.4 is 0 Å². The molecule has 2 aromatic rings. The molecule has 2 nitrogen and oxygen atoms in total. The van der Waals surface area contributed by atoms with Crippen LogP contribution in [0.4, 0.5) is 0 Å². The van der Waals surface area contributed by atoms with Crippen molar-refractivity contribution in [2.45, 2.75) is 26.9 Å². The Kier molecular flexibility index (Phi) is 7.77. The lowest BCUT2D eigenvalue weighted by Crippen LogP contribution is -2.27. The van der Waals surface area contributed by atoms with Crippen LogP contribution in [-0.2, 0) is 4.74 Å². The molecule has 129 valence electrons. The minimum atomic E-state index is 0.116. The molecule has 1 atom stereocenters. The zero-order valence-corrected chi connectivity index (χ0v) is 15.6. The van der Waals surface area contributed by atoms with Crippen LogP contribution in [-0.4, -0.2) is 31.1 Å². The highest BCUT2D eigenvalue weighted by molar-refractivity contribution is 6.30. The van der Waals surface area contributed by atoms with Crippen LogP contribution in [0.25, 0.3) is 0 Å². The van der Waals surface area contributed by atoms with Crippen molar-refractivity contribution in [3.8, 4) is 0 Å². The van der Waals surface area contributed by atoms with Crippen molar-refractivity contribution in [1.29, 1.82) is 0 Å². The maximum atomic E-state index is 5.97. The lowest BCUT2D eigenvalue weighted by atomic mass is 10.0. The number of nitrogens with zero attached hydrogens (tertiary/aromatic N) is 1. The first-order chi connectivity index (χ1) is 11.6. The number of ether oxygens (including phenoxy) is 1. The first kappa shape index (κ1) is 19.0. The van der Waals surface area contributed by atoms with E-state index in [1.165, 1.54) is 11.1 Å². The summed E-state index contributed by atoms with van der Waals surface area (Å²) in [5.41, 5.74) is 3.54. The smallest absolute Gasteiger partial charge is 0.0797 e. The van der Waals surface area contributed by atoms with E-state index in [4.69, 9.17) is 16.3 Å². The second-order valence-electron chi connectivity index (χ2n) is 5.90. The van der Waals surface area contributed by atoms with E-state index < -0.39 is 0 Å². The summed E-state index contributed by atoms with van der Waals surface area (Å²) < 4.78 is 5.97. The van der Waals surface area contributed by atoms with Crippen molar-refractivity contribution in [3.05, 3.63) is 76.7 Å². The Morgan fingerprint density at radius 2 is 1.50 bits per heavy atom. The lowest BCUT2D eigenvalue weighted by molar-refractivity contribution is 0.0495. The van der Waals surface area contributed by atoms with Crippen molar-refractivity contribution in [3.63, 3.8) is 0 Å². The van der Waals surface area contributed by atoms with Gasteiger partial charge in [0.05, 0.1) is 12.7 Å². The lowest BCUT2D eigenvalue weighted by Gasteiger charge is -2.20. The van der Waals surface area contributed by atoms with Gasteiger partial charge in [0.1, 0.15) is 0 Å². The standard InChI is InChI=1S/C21H27ClNO/c1-4-23(5-2)14-15-24-17(3)20-10-6-18(7-11-20)16-19-8-12-21(22)13-9-19/h6-13,16-17H,4-5,14-15H2,1-3H3. The van der Waals surface area contributed by atoms with Gasteiger partial charge in [-0.05, 0) is 48.8 Å². The topological polar surface area (TPSA) is 12.5 Å². The third-order valence-electron chi connectivity index (χ3n) is 4.28. The Morgan fingerprint density at radius 1 is 0.958 bits per heavy atom. The molecule has 1 unspecified atom stereocenters. The Labute approximate surface area is 151 Å². The Bertz CT molecular complexity index is 590. The monoisotopic (exact) mass is 344 g/mol. The van der Waals surface area contributed by atoms with Crippen LogP contribution in [0.15, 0.2) is 48.5 Å². The number of halogens is 1. The molecule has 2 rings (SSSR count). The molecular weight excluding hydrogens is 318 g/mol. The van der Waals surface area contributed by atoms with Crippen LogP contribution in [0, 0.1) is 6.42 Å². The van der Waals surface area contributed by atoms with Gasteiger partial charge in [0.15, 0.2) is 0 Å². The van der Waals surface area contributed by atoms with Gasteiger partial charge in [-0.3, -0.25) is 0 Å². The summed E-state index contributed by atoms with van der Waals surface area (Å²) in [5.74, 6) is 0. The average Bonchev–Trinajstić information content (AvgIpc) is 2.61. The molecule has 0 bridgehead atoms. The molecule has 0 aliphatic heterocycles. The normalized spacial score (nSPS) is 12.5. The summed E-state index contributed by atoms with van der Waals surface area (Å²) in [7, 11) is 0. The van der Waals surface area contributed by atoms with E-state index in [0.29, 0.717) is 0 Å². The highest BCUT2D eigenvalue weighted by Crippen LogP contribution is 2.20. The maximum Gasteiger partial charge on any atom is 0.0797 e. The van der Waals surface area contributed by atoms with Gasteiger partial charge >= 0.3 is 0 Å². The number of benzene rings is 2. The fourth-order valence-electron chi connectivity index (χ4n) is 2.61. The number of hydrogen-bond donors (Lipinski definition) is 0. The SMILES string of the molecule is CCN(CC)CCOC(C)c1ccc([CH]c2ccc(Cl)cc2)cc1. The fraction of sp³-hybridized carbons (Fsp3) is 0.381. The number of hydrogen-bond acceptors (Lipinski definition) is 2. The zero-order chi connectivity index (χ0) is 17.4. The van der Waals surface area contributed by atoms with Crippen LogP contribution in [0.3, 0.4) is 0 Å². The van der Waals surface area contributed by atoms with Gasteiger partial charge in [0.25, 0.3) is 0 Å². The molecule has 0 aliphatic rings. The summed E-state index contributed by atoms with van der Waals surface area (Å²) in [6.07, 6.45) is 2.26. The van der Waals surface area contributed by atoms with E-state index in [2.05, 4.69) is 56.4 Å². The predicted molar refractivity (Wildman–Crippen MR) is 103 cm³/mol. The zero-order valence-electron chi connectivity index (χ0n) is 14.8. The molecule has 0 amide bonds. The van der Waals surface area contributed by atoms with E-state index in [0.717, 1.165) is 36.8 Å². The van der Waals surface area contributed by atoms with Gasteiger partial charge in [-0.2, -0.15) is 0 Å². The van der Waals surface area contributed by atoms with Crippen molar-refractivity contribution < 1.29 is 4.74 Å². The van der Waals surface area contributed by atoms with Gasteiger partial charge in [-0.1, -0.05) is 61.8 Å². The van der Waals surface area contributed by atoms with Gasteiger partial charge in [0, 0.05) is 18.0 Å². The molecule has 0 aliphatic carbocycles. The molecular formula is C21H27ClNO. The molecule has 0 heterocycles. The van der Waals surface area contributed by atoms with Crippen LogP contribution in [0.1, 0.15) is 43.6 Å². The molecule has 2 aromatic carbocycles. The third kappa shape index (κ3) is 5.94. The minimum Gasteiger partial charge on any atom is -0.372 e. The second kappa shape index (κ2) is 9.83. The van der Waals surface area contributed by atoms with E-state index >= 15 is 0 Å². The van der Waals surface area contributed by atoms with Gasteiger partial charge in [0.2, 0.25) is 0 Å². The maximum absolute atomic E-state index is 5.97. The first-order valence-electron chi connectivity index (χ1n) is 8.66. The molecule has 24 heavy (non-hydrogen) atoms. The van der Waals surface area contributed by atoms with Crippen molar-refractivity contribution in [1.82, 2.24) is 4.90 Å². The number of rotatable bonds is 9. The van der Waals surface area contributed by atoms with E-state index in [1.54, 1.807) is 0 Å². The van der Waals surface area contributed by atoms with Crippen molar-refractivity contribution in [2.24, 2.45) is 0 Å². The molecule has 0 fully saturated rings. The Balaban J connectivity index is 1.85. The largest absolute Gasteiger partial charge is 0.372 e. The summed E-state index contributed by atoms with van der Waals surface area (Å²) in [4.78, 5) is 2.37. The van der Waals surface area contributed by atoms with Gasteiger partial charge < -0.3 is 9.64 Å². The summed E-state index contributed by atoms with van der Waals surface area (Å²) in [5, 5.41) is 0.762. The molecule has 0 N–H and O–H groups in total. The second-order valence-corrected chi connectivity index (χ2v) is 6.34. The van der Waals surface area contributed by atoms with Gasteiger partial charge in [-0.15, -0.1) is 0 Å². The van der Waals surface area contributed by atoms with Crippen LogP contribution in [0.2, 0.25) is 5.02 Å². The third-order valence-corrected chi connectivity index (χ3v) is 4.53. The molecule has 3 heteroatoms. The molecule has 0 saturated carbocycles. The first-order valence-corrected chi connectivity index (χ1v) is 9.04. The van der Waals surface area contributed by atoms with Crippen LogP contribution in [0.5, 0.6) is 0 Å². The number of likely N-dealkylation sites (N-methyl/N-ethyl adjacent to an activating group) is 1. The van der Waals surface area contributed by atoms with Crippen molar-refractivity contribution in [2.75, 3.05) is 26.2 Å². The highest BCUT2D eigenvalue weighted by Gasteiger charge is 2.07. The molecule has 0 spiro atoms. The minimum absolute atomic E-state index is 0.116. The van der Waals surface area contributed by atoms with E-state index in [9.17, 15) is 0 Å². The van der Waals surface area contributed by atoms with E-state index in [1.807, 2.05) is 24.3 Å². The van der Waals surface area contributed by atoms with Gasteiger partial charge in [-0.25, -0.2) is 0 Å². The average molecular weight is 345 g/mol. The fourth-order valence-corrected chi connectivity index (χ4v) is 2.74. The summed E-state index contributed by atoms with van der Waals surface area (Å²) in [6, 6.07) is 16.4. The summed E-state index contributed by atoms with van der Waals surface area (Å²) in [6.45, 7) is 10.4. The summed E-state index contributed by atoms with van der Waals surface area (Å²) >= 11 is 5.92. The quantitative estimate of drug-likeness (QED) is 0.607. The molecule has 0 saturated heterocycles. The predicted octanol–water partition coefficient (Wildman–Crippen LogP) is 5.36. The Morgan fingerprint density at radius 3 is 2.04 bits per heavy atom.